The molecule has 1 amide bonds. The Morgan fingerprint density at radius 3 is 2.10 bits per heavy atom. The number of halogens is 1. The van der Waals surface area contributed by atoms with Crippen LogP contribution in [-0.4, -0.2) is 19.6 Å². The Labute approximate surface area is 180 Å². The molecule has 0 aliphatic rings. The Bertz CT molecular complexity index is 912. The van der Waals surface area contributed by atoms with Gasteiger partial charge in [0.2, 0.25) is 5.91 Å². The van der Waals surface area contributed by atoms with Crippen molar-refractivity contribution in [3.05, 3.63) is 100 Å². The molecule has 0 saturated carbocycles. The maximum Gasteiger partial charge on any atom is 0.234 e. The van der Waals surface area contributed by atoms with Crippen molar-refractivity contribution in [3.63, 3.8) is 0 Å². The lowest BCUT2D eigenvalue weighted by molar-refractivity contribution is -0.120. The molecule has 0 radical (unpaired) electrons. The number of hydrogen-bond donors (Lipinski definition) is 2. The van der Waals surface area contributed by atoms with Crippen molar-refractivity contribution in [2.45, 2.75) is 19.0 Å². The summed E-state index contributed by atoms with van der Waals surface area (Å²) < 4.78 is 6.29. The molecule has 0 saturated heterocycles. The van der Waals surface area contributed by atoms with Gasteiger partial charge in [-0.1, -0.05) is 70.5 Å². The number of rotatable bonds is 8. The molecule has 0 bridgehead atoms. The highest BCUT2D eigenvalue weighted by Gasteiger charge is 2.17. The fourth-order valence-electron chi connectivity index (χ4n) is 3.13. The van der Waals surface area contributed by atoms with Crippen molar-refractivity contribution < 1.29 is 9.53 Å². The van der Waals surface area contributed by atoms with Crippen LogP contribution in [0.15, 0.2) is 83.3 Å². The number of nitrogens with one attached hydrogen (secondary N) is 2. The molecule has 0 aliphatic heterocycles. The fraction of sp³-hybridized carbons (Fsp3) is 0.208. The molecule has 5 heteroatoms. The highest BCUT2D eigenvalue weighted by Crippen LogP contribution is 2.24. The van der Waals surface area contributed by atoms with Gasteiger partial charge in [-0.05, 0) is 47.9 Å². The van der Waals surface area contributed by atoms with Crippen LogP contribution >= 0.6 is 15.9 Å². The van der Waals surface area contributed by atoms with Gasteiger partial charge in [-0.2, -0.15) is 0 Å². The first-order chi connectivity index (χ1) is 14.1. The molecule has 0 spiro atoms. The predicted molar refractivity (Wildman–Crippen MR) is 120 cm³/mol. The topological polar surface area (TPSA) is 50.4 Å². The van der Waals surface area contributed by atoms with Gasteiger partial charge in [-0.25, -0.2) is 0 Å². The average Bonchev–Trinajstić information content (AvgIpc) is 2.77. The van der Waals surface area contributed by atoms with Crippen LogP contribution in [0.3, 0.4) is 0 Å². The first kappa shape index (κ1) is 21.1. The molecule has 29 heavy (non-hydrogen) atoms. The van der Waals surface area contributed by atoms with Crippen LogP contribution in [-0.2, 0) is 4.79 Å². The molecule has 3 aromatic rings. The summed E-state index contributed by atoms with van der Waals surface area (Å²) >= 11 is 3.44. The van der Waals surface area contributed by atoms with Crippen molar-refractivity contribution in [3.8, 4) is 5.75 Å². The Morgan fingerprint density at radius 2 is 1.48 bits per heavy atom. The van der Waals surface area contributed by atoms with Crippen LogP contribution in [0.4, 0.5) is 0 Å². The van der Waals surface area contributed by atoms with Crippen LogP contribution in [0.1, 0.15) is 35.7 Å². The summed E-state index contributed by atoms with van der Waals surface area (Å²) in [6, 6.07) is 25.7. The lowest BCUT2D eigenvalue weighted by Gasteiger charge is -2.21. The van der Waals surface area contributed by atoms with E-state index in [4.69, 9.17) is 4.74 Å². The molecule has 3 rings (SSSR count). The molecule has 0 unspecified atom stereocenters. The molecule has 0 aromatic heterocycles. The molecule has 0 fully saturated rings. The second-order valence-corrected chi connectivity index (χ2v) is 7.75. The van der Waals surface area contributed by atoms with Gasteiger partial charge >= 0.3 is 0 Å². The second-order valence-electron chi connectivity index (χ2n) is 6.84. The molecule has 0 aliphatic carbocycles. The number of amides is 1. The van der Waals surface area contributed by atoms with E-state index in [1.165, 1.54) is 0 Å². The molecule has 4 nitrogen and oxygen atoms in total. The number of carbonyl (C=O) groups excluding carboxylic acids is 1. The fourth-order valence-corrected chi connectivity index (χ4v) is 3.39. The molecule has 2 N–H and O–H groups in total. The van der Waals surface area contributed by atoms with E-state index >= 15 is 0 Å². The van der Waals surface area contributed by atoms with Crippen LogP contribution in [0, 0.1) is 0 Å². The number of benzene rings is 3. The number of methoxy groups -OCH3 is 1. The lowest BCUT2D eigenvalue weighted by atomic mass is 9.98. The van der Waals surface area contributed by atoms with Crippen molar-refractivity contribution in [2.24, 2.45) is 0 Å². The minimum atomic E-state index is -0.223. The normalized spacial score (nSPS) is 12.8. The average molecular weight is 453 g/mol. The molecule has 2 atom stereocenters. The van der Waals surface area contributed by atoms with Crippen molar-refractivity contribution in [1.29, 1.82) is 0 Å². The number of carbonyl (C=O) groups is 1. The number of hydrogen-bond acceptors (Lipinski definition) is 3. The summed E-state index contributed by atoms with van der Waals surface area (Å²) in [5.74, 6) is 0.732. The van der Waals surface area contributed by atoms with Gasteiger partial charge < -0.3 is 15.4 Å². The lowest BCUT2D eigenvalue weighted by Crippen LogP contribution is -2.37. The van der Waals surface area contributed by atoms with Gasteiger partial charge in [0.1, 0.15) is 5.75 Å². The maximum absolute atomic E-state index is 12.7. The zero-order valence-corrected chi connectivity index (χ0v) is 18.1. The minimum absolute atomic E-state index is 0.0568. The largest absolute Gasteiger partial charge is 0.497 e. The summed E-state index contributed by atoms with van der Waals surface area (Å²) in [4.78, 5) is 12.7. The van der Waals surface area contributed by atoms with E-state index in [0.717, 1.165) is 26.9 Å². The van der Waals surface area contributed by atoms with E-state index in [9.17, 15) is 4.79 Å². The summed E-state index contributed by atoms with van der Waals surface area (Å²) in [5, 5.41) is 6.45. The molecular weight excluding hydrogens is 428 g/mol. The van der Waals surface area contributed by atoms with E-state index in [2.05, 4.69) is 33.5 Å². The highest BCUT2D eigenvalue weighted by molar-refractivity contribution is 9.10. The van der Waals surface area contributed by atoms with Gasteiger partial charge in [-0.15, -0.1) is 0 Å². The third-order valence-corrected chi connectivity index (χ3v) is 5.35. The van der Waals surface area contributed by atoms with Crippen LogP contribution in [0.5, 0.6) is 5.75 Å². The molecular formula is C24H25BrN2O2. The Morgan fingerprint density at radius 1 is 0.897 bits per heavy atom. The zero-order valence-electron chi connectivity index (χ0n) is 16.6. The zero-order chi connectivity index (χ0) is 20.6. The van der Waals surface area contributed by atoms with Crippen molar-refractivity contribution in [1.82, 2.24) is 10.6 Å². The summed E-state index contributed by atoms with van der Waals surface area (Å²) in [6.45, 7) is 2.28. The van der Waals surface area contributed by atoms with Crippen molar-refractivity contribution >= 4 is 21.8 Å². The Kier molecular flexibility index (Phi) is 7.44. The minimum Gasteiger partial charge on any atom is -0.497 e. The first-order valence-corrected chi connectivity index (χ1v) is 10.3. The Balaban J connectivity index is 1.68. The van der Waals surface area contributed by atoms with Gasteiger partial charge in [0.25, 0.3) is 0 Å². The van der Waals surface area contributed by atoms with Crippen LogP contribution in [0.2, 0.25) is 0 Å². The summed E-state index contributed by atoms with van der Waals surface area (Å²) in [5.41, 5.74) is 3.18. The van der Waals surface area contributed by atoms with Gasteiger partial charge in [0, 0.05) is 10.5 Å². The van der Waals surface area contributed by atoms with Crippen LogP contribution in [0.25, 0.3) is 0 Å². The van der Waals surface area contributed by atoms with E-state index < -0.39 is 0 Å². The van der Waals surface area contributed by atoms with Crippen molar-refractivity contribution in [2.75, 3.05) is 13.7 Å². The van der Waals surface area contributed by atoms with E-state index in [1.54, 1.807) is 7.11 Å². The molecule has 3 aromatic carbocycles. The summed E-state index contributed by atoms with van der Waals surface area (Å²) in [6.07, 6.45) is 0. The third kappa shape index (κ3) is 5.92. The second kappa shape index (κ2) is 10.2. The molecule has 0 heterocycles. The van der Waals surface area contributed by atoms with Gasteiger partial charge in [0.15, 0.2) is 0 Å². The third-order valence-electron chi connectivity index (χ3n) is 4.83. The molecule has 150 valence electrons. The smallest absolute Gasteiger partial charge is 0.234 e. The van der Waals surface area contributed by atoms with E-state index in [0.29, 0.717) is 0 Å². The Hall–Kier alpha value is -2.63. The number of ether oxygens (including phenoxy) is 1. The maximum atomic E-state index is 12.7. The van der Waals surface area contributed by atoms with Crippen LogP contribution < -0.4 is 15.4 Å². The van der Waals surface area contributed by atoms with E-state index in [-0.39, 0.29) is 24.5 Å². The van der Waals surface area contributed by atoms with Gasteiger partial charge in [-0.3, -0.25) is 4.79 Å². The summed E-state index contributed by atoms with van der Waals surface area (Å²) in [7, 11) is 1.64. The van der Waals surface area contributed by atoms with E-state index in [1.807, 2.05) is 78.9 Å². The standard InChI is InChI=1S/C24H25BrN2O2/c1-17(18-8-12-21(25)13-9-18)26-16-23(28)27-24(19-6-4-3-5-7-19)20-10-14-22(29-2)15-11-20/h3-15,17,24,26H,16H2,1-2H3,(H,27,28)/t17-,24-/m1/s1. The monoisotopic (exact) mass is 452 g/mol. The quantitative estimate of drug-likeness (QED) is 0.504. The predicted octanol–water partition coefficient (Wildman–Crippen LogP) is 5.01. The highest BCUT2D eigenvalue weighted by atomic mass is 79.9. The SMILES string of the molecule is COc1ccc([C@H](NC(=O)CN[C@H](C)c2ccc(Br)cc2)c2ccccc2)cc1. The van der Waals surface area contributed by atoms with Gasteiger partial charge in [0.05, 0.1) is 19.7 Å². The first-order valence-electron chi connectivity index (χ1n) is 9.54.